The number of carbonyl (C=O) groups excluding carboxylic acids is 2. The Kier molecular flexibility index (Phi) is 7.11. The van der Waals surface area contributed by atoms with Gasteiger partial charge in [0.2, 0.25) is 5.91 Å². The smallest absolute Gasteiger partial charge is 0.253 e. The maximum absolute atomic E-state index is 13.0. The summed E-state index contributed by atoms with van der Waals surface area (Å²) in [6.45, 7) is 0.510. The predicted octanol–water partition coefficient (Wildman–Crippen LogP) is 4.37. The van der Waals surface area contributed by atoms with E-state index in [0.717, 1.165) is 17.5 Å². The van der Waals surface area contributed by atoms with Crippen LogP contribution in [0.25, 0.3) is 0 Å². The van der Waals surface area contributed by atoms with Crippen molar-refractivity contribution in [2.45, 2.75) is 19.3 Å². The number of aryl methyl sites for hydroxylation is 1. The molecule has 3 aromatic rings. The SMILES string of the molecule is O=C(CCc1ccc(F)cc1)Nc1ccccc1C(=O)NCCc1ccccc1. The quantitative estimate of drug-likeness (QED) is 0.600. The molecule has 0 unspecified atom stereocenters. The molecule has 0 atom stereocenters. The van der Waals surface area contributed by atoms with Gasteiger partial charge in [0, 0.05) is 13.0 Å². The maximum atomic E-state index is 13.0. The predicted molar refractivity (Wildman–Crippen MR) is 112 cm³/mol. The van der Waals surface area contributed by atoms with Crippen molar-refractivity contribution in [3.63, 3.8) is 0 Å². The van der Waals surface area contributed by atoms with Gasteiger partial charge in [0.15, 0.2) is 0 Å². The monoisotopic (exact) mass is 390 g/mol. The molecule has 148 valence electrons. The molecule has 0 fully saturated rings. The van der Waals surface area contributed by atoms with Gasteiger partial charge in [0.05, 0.1) is 11.3 Å². The number of benzene rings is 3. The molecule has 0 aliphatic carbocycles. The number of nitrogens with one attached hydrogen (secondary N) is 2. The molecule has 0 bridgehead atoms. The Labute approximate surface area is 169 Å². The zero-order valence-electron chi connectivity index (χ0n) is 16.0. The highest BCUT2D eigenvalue weighted by molar-refractivity contribution is 6.03. The van der Waals surface area contributed by atoms with Crippen LogP contribution in [-0.4, -0.2) is 18.4 Å². The van der Waals surface area contributed by atoms with Crippen LogP contribution in [0.5, 0.6) is 0 Å². The van der Waals surface area contributed by atoms with Crippen LogP contribution >= 0.6 is 0 Å². The van der Waals surface area contributed by atoms with E-state index < -0.39 is 0 Å². The summed E-state index contributed by atoms with van der Waals surface area (Å²) in [6.07, 6.45) is 1.48. The molecule has 2 N–H and O–H groups in total. The third-order valence-corrected chi connectivity index (χ3v) is 4.54. The molecule has 0 radical (unpaired) electrons. The standard InChI is InChI=1S/C24H23FN2O2/c25-20-13-10-19(11-14-20)12-15-23(28)27-22-9-5-4-8-21(22)24(29)26-17-16-18-6-2-1-3-7-18/h1-11,13-14H,12,15-17H2,(H,26,29)(H,27,28). The first kappa shape index (κ1) is 20.3. The zero-order valence-corrected chi connectivity index (χ0v) is 16.0. The fourth-order valence-electron chi connectivity index (χ4n) is 2.97. The normalized spacial score (nSPS) is 10.4. The molecular formula is C24H23FN2O2. The summed E-state index contributed by atoms with van der Waals surface area (Å²) in [7, 11) is 0. The van der Waals surface area contributed by atoms with Gasteiger partial charge in [0.25, 0.3) is 5.91 Å². The highest BCUT2D eigenvalue weighted by Gasteiger charge is 2.13. The summed E-state index contributed by atoms with van der Waals surface area (Å²) in [6, 6.07) is 22.9. The topological polar surface area (TPSA) is 58.2 Å². The molecule has 0 aromatic heterocycles. The van der Waals surface area contributed by atoms with Gasteiger partial charge in [0.1, 0.15) is 5.82 Å². The number of para-hydroxylation sites is 1. The van der Waals surface area contributed by atoms with E-state index in [1.54, 1.807) is 36.4 Å². The summed E-state index contributed by atoms with van der Waals surface area (Å²) in [5.41, 5.74) is 2.94. The van der Waals surface area contributed by atoms with Gasteiger partial charge in [-0.2, -0.15) is 0 Å². The minimum atomic E-state index is -0.301. The molecule has 0 heterocycles. The van der Waals surface area contributed by atoms with Crippen LogP contribution in [0.3, 0.4) is 0 Å². The number of rotatable bonds is 8. The molecule has 0 saturated heterocycles. The van der Waals surface area contributed by atoms with Crippen molar-refractivity contribution in [2.75, 3.05) is 11.9 Å². The second kappa shape index (κ2) is 10.2. The molecule has 0 aliphatic heterocycles. The van der Waals surface area contributed by atoms with E-state index in [4.69, 9.17) is 0 Å². The van der Waals surface area contributed by atoms with Gasteiger partial charge in [-0.1, -0.05) is 54.6 Å². The average Bonchev–Trinajstić information content (AvgIpc) is 2.74. The van der Waals surface area contributed by atoms with Gasteiger partial charge in [-0.05, 0) is 48.2 Å². The van der Waals surface area contributed by atoms with Crippen molar-refractivity contribution >= 4 is 17.5 Å². The number of hydrogen-bond acceptors (Lipinski definition) is 2. The van der Waals surface area contributed by atoms with E-state index in [0.29, 0.717) is 24.2 Å². The molecule has 0 aliphatic rings. The Hall–Kier alpha value is -3.47. The van der Waals surface area contributed by atoms with Crippen LogP contribution in [0.4, 0.5) is 10.1 Å². The molecule has 3 rings (SSSR count). The molecule has 2 amide bonds. The Balaban J connectivity index is 1.54. The molecule has 5 heteroatoms. The van der Waals surface area contributed by atoms with Gasteiger partial charge < -0.3 is 10.6 Å². The Morgan fingerprint density at radius 3 is 2.17 bits per heavy atom. The van der Waals surface area contributed by atoms with Gasteiger partial charge in [-0.15, -0.1) is 0 Å². The van der Waals surface area contributed by atoms with Crippen LogP contribution in [-0.2, 0) is 17.6 Å². The van der Waals surface area contributed by atoms with Crippen LogP contribution < -0.4 is 10.6 Å². The zero-order chi connectivity index (χ0) is 20.5. The molecule has 0 saturated carbocycles. The lowest BCUT2D eigenvalue weighted by Gasteiger charge is -2.11. The first-order chi connectivity index (χ1) is 14.1. The lowest BCUT2D eigenvalue weighted by atomic mass is 10.1. The second-order valence-corrected chi connectivity index (χ2v) is 6.71. The Bertz CT molecular complexity index is 956. The van der Waals surface area contributed by atoms with Gasteiger partial charge in [-0.25, -0.2) is 4.39 Å². The molecular weight excluding hydrogens is 367 g/mol. The van der Waals surface area contributed by atoms with E-state index in [-0.39, 0.29) is 24.1 Å². The van der Waals surface area contributed by atoms with E-state index >= 15 is 0 Å². The highest BCUT2D eigenvalue weighted by atomic mass is 19.1. The van der Waals surface area contributed by atoms with E-state index in [1.807, 2.05) is 30.3 Å². The molecule has 29 heavy (non-hydrogen) atoms. The fourth-order valence-corrected chi connectivity index (χ4v) is 2.97. The van der Waals surface area contributed by atoms with Crippen molar-refractivity contribution < 1.29 is 14.0 Å². The van der Waals surface area contributed by atoms with Crippen molar-refractivity contribution in [1.82, 2.24) is 5.32 Å². The summed E-state index contributed by atoms with van der Waals surface area (Å²) >= 11 is 0. The first-order valence-corrected chi connectivity index (χ1v) is 9.57. The highest BCUT2D eigenvalue weighted by Crippen LogP contribution is 2.16. The van der Waals surface area contributed by atoms with E-state index in [1.165, 1.54) is 12.1 Å². The maximum Gasteiger partial charge on any atom is 0.253 e. The summed E-state index contributed by atoms with van der Waals surface area (Å²) < 4.78 is 13.0. The molecule has 3 aromatic carbocycles. The summed E-state index contributed by atoms with van der Waals surface area (Å²) in [5.74, 6) is -0.723. The summed E-state index contributed by atoms with van der Waals surface area (Å²) in [5, 5.41) is 5.71. The average molecular weight is 390 g/mol. The lowest BCUT2D eigenvalue weighted by Crippen LogP contribution is -2.27. The van der Waals surface area contributed by atoms with Gasteiger partial charge >= 0.3 is 0 Å². The lowest BCUT2D eigenvalue weighted by molar-refractivity contribution is -0.116. The van der Waals surface area contributed by atoms with Crippen molar-refractivity contribution in [3.05, 3.63) is 101 Å². The Morgan fingerprint density at radius 2 is 1.41 bits per heavy atom. The minimum absolute atomic E-state index is 0.195. The first-order valence-electron chi connectivity index (χ1n) is 9.57. The Morgan fingerprint density at radius 1 is 0.759 bits per heavy atom. The molecule has 4 nitrogen and oxygen atoms in total. The van der Waals surface area contributed by atoms with E-state index in [2.05, 4.69) is 10.6 Å². The largest absolute Gasteiger partial charge is 0.352 e. The number of amides is 2. The second-order valence-electron chi connectivity index (χ2n) is 6.71. The third-order valence-electron chi connectivity index (χ3n) is 4.54. The van der Waals surface area contributed by atoms with E-state index in [9.17, 15) is 14.0 Å². The van der Waals surface area contributed by atoms with Crippen LogP contribution in [0.1, 0.15) is 27.9 Å². The fraction of sp³-hybridized carbons (Fsp3) is 0.167. The van der Waals surface area contributed by atoms with Crippen LogP contribution in [0.2, 0.25) is 0 Å². The molecule has 0 spiro atoms. The number of hydrogen-bond donors (Lipinski definition) is 2. The summed E-state index contributed by atoms with van der Waals surface area (Å²) in [4.78, 5) is 24.9. The van der Waals surface area contributed by atoms with Crippen molar-refractivity contribution in [3.8, 4) is 0 Å². The van der Waals surface area contributed by atoms with Crippen molar-refractivity contribution in [2.24, 2.45) is 0 Å². The number of carbonyl (C=O) groups is 2. The minimum Gasteiger partial charge on any atom is -0.352 e. The van der Waals surface area contributed by atoms with Crippen molar-refractivity contribution in [1.29, 1.82) is 0 Å². The third kappa shape index (κ3) is 6.28. The van der Waals surface area contributed by atoms with Gasteiger partial charge in [-0.3, -0.25) is 9.59 Å². The van der Waals surface area contributed by atoms with Crippen LogP contribution in [0.15, 0.2) is 78.9 Å². The van der Waals surface area contributed by atoms with Crippen LogP contribution in [0, 0.1) is 5.82 Å². The number of anilines is 1. The number of halogens is 1.